The molecule has 0 aliphatic heterocycles. The van der Waals surface area contributed by atoms with E-state index in [9.17, 15) is 0 Å². The zero-order valence-electron chi connectivity index (χ0n) is 7.51. The van der Waals surface area contributed by atoms with E-state index in [1.54, 1.807) is 4.68 Å². The summed E-state index contributed by atoms with van der Waals surface area (Å²) in [5.74, 6) is 0.664. The van der Waals surface area contributed by atoms with Gasteiger partial charge in [0.05, 0.1) is 12.2 Å². The van der Waals surface area contributed by atoms with Gasteiger partial charge in [0.15, 0.2) is 0 Å². The minimum Gasteiger partial charge on any atom is -0.275 e. The summed E-state index contributed by atoms with van der Waals surface area (Å²) in [6.45, 7) is 0.378. The molecule has 1 aromatic rings. The first kappa shape index (κ1) is 8.13. The molecule has 0 aromatic carbocycles. The van der Waals surface area contributed by atoms with Crippen LogP contribution in [0.15, 0.2) is 11.3 Å². The molecule has 0 atom stereocenters. The van der Waals surface area contributed by atoms with Crippen molar-refractivity contribution < 1.29 is 0 Å². The SMILES string of the molecule is Cn1cc(C2CC2)c(CN=[N+]=[N-])n1. The van der Waals surface area contributed by atoms with Gasteiger partial charge in [0, 0.05) is 18.2 Å². The highest BCUT2D eigenvalue weighted by Crippen LogP contribution is 2.41. The van der Waals surface area contributed by atoms with Crippen molar-refractivity contribution in [2.24, 2.45) is 12.2 Å². The van der Waals surface area contributed by atoms with Gasteiger partial charge in [-0.05, 0) is 29.9 Å². The Morgan fingerprint density at radius 2 is 2.54 bits per heavy atom. The summed E-state index contributed by atoms with van der Waals surface area (Å²) in [6, 6.07) is 0. The summed E-state index contributed by atoms with van der Waals surface area (Å²) in [6.07, 6.45) is 4.52. The monoisotopic (exact) mass is 177 g/mol. The Labute approximate surface area is 76.0 Å². The lowest BCUT2D eigenvalue weighted by molar-refractivity contribution is 0.742. The molecule has 0 saturated heterocycles. The Bertz CT molecular complexity index is 357. The molecule has 0 N–H and O–H groups in total. The van der Waals surface area contributed by atoms with Gasteiger partial charge in [-0.1, -0.05) is 5.11 Å². The topological polar surface area (TPSA) is 66.6 Å². The molecule has 5 nitrogen and oxygen atoms in total. The summed E-state index contributed by atoms with van der Waals surface area (Å²) in [4.78, 5) is 2.74. The van der Waals surface area contributed by atoms with Gasteiger partial charge in [-0.3, -0.25) is 4.68 Å². The lowest BCUT2D eigenvalue weighted by Crippen LogP contribution is -1.90. The average molecular weight is 177 g/mol. The second-order valence-corrected chi connectivity index (χ2v) is 3.37. The van der Waals surface area contributed by atoms with Crippen molar-refractivity contribution in [2.75, 3.05) is 0 Å². The number of aromatic nitrogens is 2. The molecule has 0 amide bonds. The Morgan fingerprint density at radius 1 is 1.77 bits per heavy atom. The highest BCUT2D eigenvalue weighted by atomic mass is 15.3. The molecule has 0 spiro atoms. The van der Waals surface area contributed by atoms with Crippen LogP contribution in [0.25, 0.3) is 10.4 Å². The van der Waals surface area contributed by atoms with E-state index in [1.165, 1.54) is 18.4 Å². The summed E-state index contributed by atoms with van der Waals surface area (Å²) in [5.41, 5.74) is 10.4. The smallest absolute Gasteiger partial charge is 0.0717 e. The van der Waals surface area contributed by atoms with E-state index < -0.39 is 0 Å². The molecule has 1 saturated carbocycles. The van der Waals surface area contributed by atoms with Gasteiger partial charge in [0.1, 0.15) is 0 Å². The molecule has 5 heteroatoms. The molecular weight excluding hydrogens is 166 g/mol. The Balaban J connectivity index is 2.25. The number of azide groups is 1. The minimum atomic E-state index is 0.378. The molecule has 13 heavy (non-hydrogen) atoms. The zero-order chi connectivity index (χ0) is 9.26. The molecule has 2 rings (SSSR count). The minimum absolute atomic E-state index is 0.378. The van der Waals surface area contributed by atoms with Crippen LogP contribution in [0.2, 0.25) is 0 Å². The van der Waals surface area contributed by atoms with Gasteiger partial charge in [0.25, 0.3) is 0 Å². The second kappa shape index (κ2) is 3.11. The van der Waals surface area contributed by atoms with Gasteiger partial charge >= 0.3 is 0 Å². The first-order valence-corrected chi connectivity index (χ1v) is 4.34. The molecule has 1 fully saturated rings. The molecule has 68 valence electrons. The van der Waals surface area contributed by atoms with Crippen LogP contribution < -0.4 is 0 Å². The normalized spacial score (nSPS) is 15.5. The molecule has 1 aliphatic carbocycles. The molecule has 1 aromatic heterocycles. The van der Waals surface area contributed by atoms with Crippen molar-refractivity contribution in [3.05, 3.63) is 27.9 Å². The summed E-state index contributed by atoms with van der Waals surface area (Å²) < 4.78 is 1.79. The highest BCUT2D eigenvalue weighted by Gasteiger charge is 2.27. The third-order valence-electron chi connectivity index (χ3n) is 2.24. The van der Waals surface area contributed by atoms with E-state index >= 15 is 0 Å². The first-order valence-electron chi connectivity index (χ1n) is 4.34. The summed E-state index contributed by atoms with van der Waals surface area (Å²) in [7, 11) is 1.89. The van der Waals surface area contributed by atoms with E-state index in [2.05, 4.69) is 15.1 Å². The van der Waals surface area contributed by atoms with Crippen LogP contribution in [0.4, 0.5) is 0 Å². The van der Waals surface area contributed by atoms with E-state index in [-0.39, 0.29) is 0 Å². The maximum atomic E-state index is 8.20. The lowest BCUT2D eigenvalue weighted by Gasteiger charge is -1.93. The number of rotatable bonds is 3. The fraction of sp³-hybridized carbons (Fsp3) is 0.625. The molecular formula is C8H11N5. The van der Waals surface area contributed by atoms with E-state index in [0.29, 0.717) is 12.5 Å². The summed E-state index contributed by atoms with van der Waals surface area (Å²) in [5, 5.41) is 7.79. The third kappa shape index (κ3) is 1.65. The van der Waals surface area contributed by atoms with Crippen molar-refractivity contribution >= 4 is 0 Å². The van der Waals surface area contributed by atoms with E-state index in [4.69, 9.17) is 5.53 Å². The van der Waals surface area contributed by atoms with Crippen molar-refractivity contribution in [1.82, 2.24) is 9.78 Å². The molecule has 0 bridgehead atoms. The number of nitrogens with zero attached hydrogens (tertiary/aromatic N) is 5. The van der Waals surface area contributed by atoms with Crippen LogP contribution in [0.1, 0.15) is 30.0 Å². The second-order valence-electron chi connectivity index (χ2n) is 3.37. The van der Waals surface area contributed by atoms with Crippen molar-refractivity contribution in [3.63, 3.8) is 0 Å². The average Bonchev–Trinajstić information content (AvgIpc) is 2.88. The van der Waals surface area contributed by atoms with Gasteiger partial charge in [-0.15, -0.1) is 0 Å². The Kier molecular flexibility index (Phi) is 1.94. The predicted octanol–water partition coefficient (Wildman–Crippen LogP) is 2.11. The molecule has 1 aliphatic rings. The predicted molar refractivity (Wildman–Crippen MR) is 48.0 cm³/mol. The maximum absolute atomic E-state index is 8.20. The van der Waals surface area contributed by atoms with Gasteiger partial charge in [-0.25, -0.2) is 0 Å². The fourth-order valence-electron chi connectivity index (χ4n) is 1.51. The van der Waals surface area contributed by atoms with Crippen LogP contribution in [0.3, 0.4) is 0 Å². The van der Waals surface area contributed by atoms with Gasteiger partial charge < -0.3 is 0 Å². The quantitative estimate of drug-likeness (QED) is 0.396. The van der Waals surface area contributed by atoms with Crippen LogP contribution in [-0.4, -0.2) is 9.78 Å². The number of aryl methyl sites for hydroxylation is 1. The van der Waals surface area contributed by atoms with Crippen LogP contribution in [-0.2, 0) is 13.6 Å². The summed E-state index contributed by atoms with van der Waals surface area (Å²) >= 11 is 0. The number of hydrogen-bond acceptors (Lipinski definition) is 2. The Hall–Kier alpha value is -1.48. The first-order chi connectivity index (χ1) is 6.31. The lowest BCUT2D eigenvalue weighted by atomic mass is 10.1. The van der Waals surface area contributed by atoms with E-state index in [0.717, 1.165) is 5.69 Å². The van der Waals surface area contributed by atoms with E-state index in [1.807, 2.05) is 13.2 Å². The molecule has 1 heterocycles. The van der Waals surface area contributed by atoms with Gasteiger partial charge in [0.2, 0.25) is 0 Å². The highest BCUT2D eigenvalue weighted by molar-refractivity contribution is 5.25. The number of hydrogen-bond donors (Lipinski definition) is 0. The van der Waals surface area contributed by atoms with Crippen LogP contribution in [0, 0.1) is 0 Å². The maximum Gasteiger partial charge on any atom is 0.0717 e. The molecule has 0 radical (unpaired) electrons. The Morgan fingerprint density at radius 3 is 3.15 bits per heavy atom. The van der Waals surface area contributed by atoms with Crippen molar-refractivity contribution in [1.29, 1.82) is 0 Å². The van der Waals surface area contributed by atoms with Crippen molar-refractivity contribution in [2.45, 2.75) is 25.3 Å². The van der Waals surface area contributed by atoms with Crippen LogP contribution in [0.5, 0.6) is 0 Å². The third-order valence-corrected chi connectivity index (χ3v) is 2.24. The fourth-order valence-corrected chi connectivity index (χ4v) is 1.51. The van der Waals surface area contributed by atoms with Gasteiger partial charge in [-0.2, -0.15) is 5.10 Å². The standard InChI is InChI=1S/C8H11N5/c1-13-5-7(6-2-3-6)8(11-13)4-10-12-9/h5-6H,2-4H2,1H3. The van der Waals surface area contributed by atoms with Crippen molar-refractivity contribution in [3.8, 4) is 0 Å². The largest absolute Gasteiger partial charge is 0.275 e. The zero-order valence-corrected chi connectivity index (χ0v) is 7.51. The molecule has 0 unspecified atom stereocenters. The van der Waals surface area contributed by atoms with Crippen LogP contribution >= 0.6 is 0 Å².